The zero-order valence-corrected chi connectivity index (χ0v) is 11.1. The topological polar surface area (TPSA) is 170 Å². The third-order valence-electron chi connectivity index (χ3n) is 1.45. The molecular weight excluding hydrogens is 267 g/mol. The van der Waals surface area contributed by atoms with Crippen molar-refractivity contribution in [2.24, 2.45) is 0 Å². The van der Waals surface area contributed by atoms with Crippen molar-refractivity contribution in [1.82, 2.24) is 0 Å². The van der Waals surface area contributed by atoms with Crippen molar-refractivity contribution in [1.29, 1.82) is 0 Å². The van der Waals surface area contributed by atoms with Crippen LogP contribution in [0.1, 0.15) is 12.8 Å². The van der Waals surface area contributed by atoms with Crippen molar-refractivity contribution in [3.63, 3.8) is 0 Å². The molecule has 0 aliphatic heterocycles. The van der Waals surface area contributed by atoms with Crippen LogP contribution in [-0.2, 0) is 24.2 Å². The molecule has 0 aliphatic rings. The molecule has 18 heavy (non-hydrogen) atoms. The Morgan fingerprint density at radius 3 is 1.89 bits per heavy atom. The van der Waals surface area contributed by atoms with E-state index in [0.717, 1.165) is 0 Å². The summed E-state index contributed by atoms with van der Waals surface area (Å²) in [5, 5.41) is 35.9. The molecule has 0 rings (SSSR count). The smallest absolute Gasteiger partial charge is 0.550 e. The van der Waals surface area contributed by atoms with Gasteiger partial charge in [-0.2, -0.15) is 0 Å². The first-order valence-electron chi connectivity index (χ1n) is 3.93. The van der Waals surface area contributed by atoms with Gasteiger partial charge < -0.3 is 25.2 Å². The quantitative estimate of drug-likeness (QED) is 0.249. The van der Waals surface area contributed by atoms with E-state index in [4.69, 9.17) is 10.2 Å². The van der Waals surface area contributed by atoms with Crippen LogP contribution < -0.4 is 34.7 Å². The predicted molar refractivity (Wildman–Crippen MR) is 42.0 cm³/mol. The normalized spacial score (nSPS) is 12.5. The van der Waals surface area contributed by atoms with Crippen LogP contribution in [0.2, 0.25) is 0 Å². The minimum Gasteiger partial charge on any atom is -0.550 e. The Kier molecular flexibility index (Phi) is 8.30. The molecule has 0 aromatic carbocycles. The van der Waals surface area contributed by atoms with Gasteiger partial charge in [-0.1, -0.05) is 0 Å². The summed E-state index contributed by atoms with van der Waals surface area (Å²) in [4.78, 5) is 48.2. The maximum Gasteiger partial charge on any atom is 1.00 e. The molecular formula is C7H7NaO10. The maximum atomic E-state index is 11.0. The Bertz CT molecular complexity index is 334. The molecule has 3 N–H and O–H groups in total. The van der Waals surface area contributed by atoms with Gasteiger partial charge in [-0.3, -0.25) is 4.79 Å². The van der Waals surface area contributed by atoms with Crippen molar-refractivity contribution >= 4 is 24.1 Å². The number of carboxylic acid groups (broad SMARTS) is 3. The van der Waals surface area contributed by atoms with Gasteiger partial charge in [-0.15, -0.1) is 0 Å². The SMILES string of the molecule is O=C([O-])CC(O)(CC(=O)O)C(=O)OOC(=O)O.[Na+]. The number of carbonyl (C=O) groups is 4. The predicted octanol–water partition coefficient (Wildman–Crippen LogP) is -5.51. The molecule has 0 aliphatic carbocycles. The Hall–Kier alpha value is -1.36. The molecule has 0 fully saturated rings. The summed E-state index contributed by atoms with van der Waals surface area (Å²) < 4.78 is 0. The maximum absolute atomic E-state index is 11.0. The Balaban J connectivity index is 0. The van der Waals surface area contributed by atoms with Crippen molar-refractivity contribution in [3.8, 4) is 0 Å². The zero-order chi connectivity index (χ0) is 13.6. The van der Waals surface area contributed by atoms with E-state index < -0.39 is 42.5 Å². The van der Waals surface area contributed by atoms with Gasteiger partial charge in [0, 0.05) is 12.4 Å². The fourth-order valence-corrected chi connectivity index (χ4v) is 0.847. The number of carbonyl (C=O) groups excluding carboxylic acids is 2. The van der Waals surface area contributed by atoms with E-state index in [1.807, 2.05) is 0 Å². The van der Waals surface area contributed by atoms with Gasteiger partial charge in [0.05, 0.1) is 6.42 Å². The molecule has 0 saturated heterocycles. The minimum absolute atomic E-state index is 0. The van der Waals surface area contributed by atoms with Crippen molar-refractivity contribution in [3.05, 3.63) is 0 Å². The van der Waals surface area contributed by atoms with Crippen LogP contribution in [0.5, 0.6) is 0 Å². The van der Waals surface area contributed by atoms with Gasteiger partial charge in [0.1, 0.15) is 0 Å². The minimum atomic E-state index is -2.97. The Labute approximate surface area is 121 Å². The van der Waals surface area contributed by atoms with E-state index in [2.05, 4.69) is 9.78 Å². The van der Waals surface area contributed by atoms with E-state index in [1.54, 1.807) is 0 Å². The molecule has 0 spiro atoms. The molecule has 10 nitrogen and oxygen atoms in total. The molecule has 0 saturated carbocycles. The number of hydrogen-bond acceptors (Lipinski definition) is 8. The average Bonchev–Trinajstić information content (AvgIpc) is 2.10. The number of aliphatic carboxylic acids is 2. The molecule has 0 heterocycles. The molecule has 0 aromatic heterocycles. The summed E-state index contributed by atoms with van der Waals surface area (Å²) >= 11 is 0. The van der Waals surface area contributed by atoms with Crippen molar-refractivity contribution < 1.29 is 78.9 Å². The van der Waals surface area contributed by atoms with Crippen LogP contribution in [0.3, 0.4) is 0 Å². The third-order valence-corrected chi connectivity index (χ3v) is 1.45. The van der Waals surface area contributed by atoms with Crippen LogP contribution in [0.25, 0.3) is 0 Å². The van der Waals surface area contributed by atoms with Gasteiger partial charge in [-0.25, -0.2) is 19.4 Å². The van der Waals surface area contributed by atoms with E-state index in [0.29, 0.717) is 0 Å². The van der Waals surface area contributed by atoms with Gasteiger partial charge in [0.2, 0.25) is 0 Å². The Morgan fingerprint density at radius 1 is 1.06 bits per heavy atom. The van der Waals surface area contributed by atoms with Gasteiger partial charge in [0.15, 0.2) is 5.60 Å². The largest absolute Gasteiger partial charge is 1.00 e. The molecule has 96 valence electrons. The summed E-state index contributed by atoms with van der Waals surface area (Å²) in [6.07, 6.45) is -4.74. The van der Waals surface area contributed by atoms with Crippen molar-refractivity contribution in [2.45, 2.75) is 18.4 Å². The summed E-state index contributed by atoms with van der Waals surface area (Å²) in [5.74, 6) is -5.51. The van der Waals surface area contributed by atoms with E-state index in [1.165, 1.54) is 0 Å². The average molecular weight is 274 g/mol. The standard InChI is InChI=1S/C7H8O10.Na/c8-3(9)1-7(15,2-4(10)11)5(12)16-17-6(13)14;/h15H,1-2H2,(H,8,9)(H,10,11)(H,13,14);/q;+1/p-1. The van der Waals surface area contributed by atoms with E-state index in [-0.39, 0.29) is 29.6 Å². The first kappa shape index (κ1) is 19.0. The summed E-state index contributed by atoms with van der Waals surface area (Å²) in [6.45, 7) is 0. The Morgan fingerprint density at radius 2 is 1.56 bits per heavy atom. The molecule has 0 bridgehead atoms. The summed E-state index contributed by atoms with van der Waals surface area (Å²) in [6, 6.07) is 0. The van der Waals surface area contributed by atoms with Crippen LogP contribution in [0, 0.1) is 0 Å². The molecule has 1 atom stereocenters. The third kappa shape index (κ3) is 7.06. The van der Waals surface area contributed by atoms with Crippen molar-refractivity contribution in [2.75, 3.05) is 0 Å². The zero-order valence-electron chi connectivity index (χ0n) is 9.11. The molecule has 11 heteroatoms. The number of rotatable bonds is 5. The van der Waals surface area contributed by atoms with Crippen LogP contribution >= 0.6 is 0 Å². The summed E-state index contributed by atoms with van der Waals surface area (Å²) in [7, 11) is 0. The second-order valence-electron chi connectivity index (χ2n) is 2.87. The van der Waals surface area contributed by atoms with Gasteiger partial charge >= 0.3 is 47.7 Å². The van der Waals surface area contributed by atoms with Gasteiger partial charge in [-0.05, 0) is 0 Å². The van der Waals surface area contributed by atoms with Crippen LogP contribution in [-0.4, -0.2) is 45.0 Å². The fourth-order valence-electron chi connectivity index (χ4n) is 0.847. The summed E-state index contributed by atoms with van der Waals surface area (Å²) in [5.41, 5.74) is -2.97. The first-order valence-corrected chi connectivity index (χ1v) is 3.93. The van der Waals surface area contributed by atoms with Gasteiger partial charge in [0.25, 0.3) is 0 Å². The molecule has 0 aromatic rings. The number of carboxylic acids is 2. The molecule has 0 radical (unpaired) electrons. The number of hydrogen-bond donors (Lipinski definition) is 3. The molecule has 1 unspecified atom stereocenters. The monoisotopic (exact) mass is 274 g/mol. The molecule has 0 amide bonds. The van der Waals surface area contributed by atoms with Crippen LogP contribution in [0.4, 0.5) is 4.79 Å². The van der Waals surface area contributed by atoms with E-state index in [9.17, 15) is 29.4 Å². The first-order chi connectivity index (χ1) is 7.67. The van der Waals surface area contributed by atoms with Crippen LogP contribution in [0.15, 0.2) is 0 Å². The second-order valence-corrected chi connectivity index (χ2v) is 2.87. The fraction of sp³-hybridized carbons (Fsp3) is 0.429. The second kappa shape index (κ2) is 7.87. The van der Waals surface area contributed by atoms with E-state index >= 15 is 0 Å². The number of aliphatic hydroxyl groups is 1.